The number of anilines is 1. The molecule has 0 bridgehead atoms. The van der Waals surface area contributed by atoms with Gasteiger partial charge in [0.05, 0.1) is 0 Å². The summed E-state index contributed by atoms with van der Waals surface area (Å²) >= 11 is 2.12. The van der Waals surface area contributed by atoms with Crippen molar-refractivity contribution in [3.63, 3.8) is 0 Å². The fourth-order valence-electron chi connectivity index (χ4n) is 2.94. The Labute approximate surface area is 126 Å². The Morgan fingerprint density at radius 3 is 2.70 bits per heavy atom. The minimum Gasteiger partial charge on any atom is -0.372 e. The van der Waals surface area contributed by atoms with Crippen LogP contribution in [0.3, 0.4) is 0 Å². The van der Waals surface area contributed by atoms with Crippen LogP contribution in [0.5, 0.6) is 0 Å². The first-order chi connectivity index (χ1) is 9.70. The lowest BCUT2D eigenvalue weighted by Gasteiger charge is -2.24. The van der Waals surface area contributed by atoms with Gasteiger partial charge in [-0.05, 0) is 61.6 Å². The normalized spacial score (nSPS) is 21.6. The molecular formula is C17H26FNS. The van der Waals surface area contributed by atoms with Crippen LogP contribution in [0.4, 0.5) is 10.1 Å². The SMILES string of the molecule is CCCSC(C)C1CCCN(c2ccc(F)cc2)CC1. The van der Waals surface area contributed by atoms with E-state index in [4.69, 9.17) is 0 Å². The Morgan fingerprint density at radius 2 is 2.00 bits per heavy atom. The second-order valence-electron chi connectivity index (χ2n) is 5.73. The van der Waals surface area contributed by atoms with Gasteiger partial charge < -0.3 is 4.90 Å². The molecule has 0 aromatic heterocycles. The van der Waals surface area contributed by atoms with Crippen LogP contribution >= 0.6 is 11.8 Å². The van der Waals surface area contributed by atoms with Crippen molar-refractivity contribution in [2.24, 2.45) is 5.92 Å². The first-order valence-electron chi connectivity index (χ1n) is 7.83. The van der Waals surface area contributed by atoms with Gasteiger partial charge in [0.2, 0.25) is 0 Å². The maximum atomic E-state index is 13.0. The smallest absolute Gasteiger partial charge is 0.123 e. The maximum absolute atomic E-state index is 13.0. The van der Waals surface area contributed by atoms with Gasteiger partial charge in [-0.25, -0.2) is 4.39 Å². The molecule has 2 atom stereocenters. The number of rotatable bonds is 5. The number of benzene rings is 1. The summed E-state index contributed by atoms with van der Waals surface area (Å²) in [6.45, 7) is 6.85. The Balaban J connectivity index is 1.90. The van der Waals surface area contributed by atoms with Gasteiger partial charge in [0.1, 0.15) is 5.82 Å². The average Bonchev–Trinajstić information content (AvgIpc) is 2.71. The summed E-state index contributed by atoms with van der Waals surface area (Å²) < 4.78 is 13.0. The summed E-state index contributed by atoms with van der Waals surface area (Å²) in [5, 5.41) is 0.767. The van der Waals surface area contributed by atoms with E-state index in [9.17, 15) is 4.39 Å². The third kappa shape index (κ3) is 4.41. The van der Waals surface area contributed by atoms with Gasteiger partial charge in [0, 0.05) is 24.0 Å². The van der Waals surface area contributed by atoms with Crippen LogP contribution in [0, 0.1) is 11.7 Å². The van der Waals surface area contributed by atoms with Crippen molar-refractivity contribution in [1.29, 1.82) is 0 Å². The summed E-state index contributed by atoms with van der Waals surface area (Å²) in [4.78, 5) is 2.41. The number of thioether (sulfide) groups is 1. The number of hydrogen-bond acceptors (Lipinski definition) is 2. The lowest BCUT2D eigenvalue weighted by atomic mass is 9.97. The molecule has 0 N–H and O–H groups in total. The van der Waals surface area contributed by atoms with Crippen molar-refractivity contribution < 1.29 is 4.39 Å². The van der Waals surface area contributed by atoms with Gasteiger partial charge in [0.25, 0.3) is 0 Å². The van der Waals surface area contributed by atoms with Crippen molar-refractivity contribution in [2.75, 3.05) is 23.7 Å². The van der Waals surface area contributed by atoms with E-state index in [0.29, 0.717) is 0 Å². The second-order valence-corrected chi connectivity index (χ2v) is 7.22. The van der Waals surface area contributed by atoms with Crippen molar-refractivity contribution in [1.82, 2.24) is 0 Å². The summed E-state index contributed by atoms with van der Waals surface area (Å²) in [5.74, 6) is 1.96. The molecule has 1 nitrogen and oxygen atoms in total. The highest BCUT2D eigenvalue weighted by atomic mass is 32.2. The highest BCUT2D eigenvalue weighted by Gasteiger charge is 2.22. The zero-order valence-corrected chi connectivity index (χ0v) is 13.5. The summed E-state index contributed by atoms with van der Waals surface area (Å²) in [5.41, 5.74) is 1.17. The van der Waals surface area contributed by atoms with Gasteiger partial charge in [-0.2, -0.15) is 11.8 Å². The molecule has 0 aliphatic carbocycles. The van der Waals surface area contributed by atoms with E-state index < -0.39 is 0 Å². The van der Waals surface area contributed by atoms with Crippen LogP contribution in [0.15, 0.2) is 24.3 Å². The van der Waals surface area contributed by atoms with Gasteiger partial charge in [-0.15, -0.1) is 0 Å². The van der Waals surface area contributed by atoms with E-state index >= 15 is 0 Å². The molecule has 0 amide bonds. The van der Waals surface area contributed by atoms with Gasteiger partial charge in [-0.3, -0.25) is 0 Å². The van der Waals surface area contributed by atoms with E-state index in [2.05, 4.69) is 30.5 Å². The number of nitrogens with zero attached hydrogens (tertiary/aromatic N) is 1. The molecule has 1 aliphatic heterocycles. The predicted molar refractivity (Wildman–Crippen MR) is 88.2 cm³/mol. The Kier molecular flexibility index (Phi) is 6.21. The second kappa shape index (κ2) is 7.92. The lowest BCUT2D eigenvalue weighted by molar-refractivity contribution is 0.470. The van der Waals surface area contributed by atoms with E-state index in [-0.39, 0.29) is 5.82 Å². The summed E-state index contributed by atoms with van der Waals surface area (Å²) in [7, 11) is 0. The van der Waals surface area contributed by atoms with Crippen LogP contribution in [0.2, 0.25) is 0 Å². The van der Waals surface area contributed by atoms with Crippen molar-refractivity contribution in [2.45, 2.75) is 44.8 Å². The molecule has 1 heterocycles. The zero-order valence-electron chi connectivity index (χ0n) is 12.6. The molecule has 3 heteroatoms. The molecular weight excluding hydrogens is 269 g/mol. The standard InChI is InChI=1S/C17H26FNS/c1-3-13-20-14(2)15-5-4-11-19(12-10-15)17-8-6-16(18)7-9-17/h6-9,14-15H,3-5,10-13H2,1-2H3. The molecule has 2 rings (SSSR count). The highest BCUT2D eigenvalue weighted by Crippen LogP contribution is 2.30. The zero-order chi connectivity index (χ0) is 14.4. The first-order valence-corrected chi connectivity index (χ1v) is 8.87. The molecule has 1 aliphatic rings. The van der Waals surface area contributed by atoms with Crippen LogP contribution < -0.4 is 4.90 Å². The monoisotopic (exact) mass is 295 g/mol. The Hall–Kier alpha value is -0.700. The fourth-order valence-corrected chi connectivity index (χ4v) is 4.09. The topological polar surface area (TPSA) is 3.24 Å². The minimum atomic E-state index is -0.147. The predicted octanol–water partition coefficient (Wildman–Crippen LogP) is 4.96. The van der Waals surface area contributed by atoms with E-state index in [0.717, 1.165) is 24.3 Å². The Bertz CT molecular complexity index is 392. The molecule has 1 saturated heterocycles. The molecule has 2 unspecified atom stereocenters. The van der Waals surface area contributed by atoms with Crippen LogP contribution in [0.1, 0.15) is 39.5 Å². The minimum absolute atomic E-state index is 0.147. The maximum Gasteiger partial charge on any atom is 0.123 e. The van der Waals surface area contributed by atoms with Crippen LogP contribution in [-0.2, 0) is 0 Å². The highest BCUT2D eigenvalue weighted by molar-refractivity contribution is 7.99. The van der Waals surface area contributed by atoms with E-state index in [1.54, 1.807) is 12.1 Å². The molecule has 20 heavy (non-hydrogen) atoms. The summed E-state index contributed by atoms with van der Waals surface area (Å²) in [6.07, 6.45) is 5.10. The molecule has 0 radical (unpaired) electrons. The summed E-state index contributed by atoms with van der Waals surface area (Å²) in [6, 6.07) is 6.95. The fraction of sp³-hybridized carbons (Fsp3) is 0.647. The van der Waals surface area contributed by atoms with Crippen LogP contribution in [-0.4, -0.2) is 24.1 Å². The molecule has 0 saturated carbocycles. The van der Waals surface area contributed by atoms with Crippen molar-refractivity contribution in [3.05, 3.63) is 30.1 Å². The third-order valence-electron chi connectivity index (χ3n) is 4.21. The van der Waals surface area contributed by atoms with Gasteiger partial charge >= 0.3 is 0 Å². The Morgan fingerprint density at radius 1 is 1.25 bits per heavy atom. The third-order valence-corrected chi connectivity index (χ3v) is 5.77. The van der Waals surface area contributed by atoms with E-state index in [1.807, 2.05) is 12.1 Å². The number of hydrogen-bond donors (Lipinski definition) is 0. The lowest BCUT2D eigenvalue weighted by Crippen LogP contribution is -2.24. The number of halogens is 1. The van der Waals surface area contributed by atoms with Gasteiger partial charge in [-0.1, -0.05) is 13.8 Å². The van der Waals surface area contributed by atoms with Crippen LogP contribution in [0.25, 0.3) is 0 Å². The van der Waals surface area contributed by atoms with Gasteiger partial charge in [0.15, 0.2) is 0 Å². The molecule has 112 valence electrons. The van der Waals surface area contributed by atoms with Crippen molar-refractivity contribution in [3.8, 4) is 0 Å². The van der Waals surface area contributed by atoms with E-state index in [1.165, 1.54) is 37.1 Å². The molecule has 1 aromatic rings. The molecule has 0 spiro atoms. The average molecular weight is 295 g/mol. The first kappa shape index (κ1) is 15.7. The largest absolute Gasteiger partial charge is 0.372 e. The molecule has 1 fully saturated rings. The molecule has 1 aromatic carbocycles. The quantitative estimate of drug-likeness (QED) is 0.755. The van der Waals surface area contributed by atoms with Crippen molar-refractivity contribution >= 4 is 17.4 Å².